The fourth-order valence-electron chi connectivity index (χ4n) is 3.33. The second kappa shape index (κ2) is 5.71. The lowest BCUT2D eigenvalue weighted by Gasteiger charge is -2.38. The molecule has 0 bridgehead atoms. The van der Waals surface area contributed by atoms with Crippen LogP contribution in [0.4, 0.5) is 0 Å². The smallest absolute Gasteiger partial charge is 0.0619 e. The van der Waals surface area contributed by atoms with E-state index in [0.29, 0.717) is 11.5 Å². The molecule has 0 spiro atoms. The Labute approximate surface area is 107 Å². The van der Waals surface area contributed by atoms with E-state index in [1.54, 1.807) is 0 Å². The zero-order valence-electron chi connectivity index (χ0n) is 11.8. The quantitative estimate of drug-likeness (QED) is 0.798. The number of rotatable bonds is 2. The van der Waals surface area contributed by atoms with Gasteiger partial charge >= 0.3 is 0 Å². The minimum atomic E-state index is 0.499. The van der Waals surface area contributed by atoms with E-state index < -0.39 is 0 Å². The molecule has 2 nitrogen and oxygen atoms in total. The summed E-state index contributed by atoms with van der Waals surface area (Å²) in [7, 11) is 0. The summed E-state index contributed by atoms with van der Waals surface area (Å²) < 4.78 is 5.54. The maximum absolute atomic E-state index is 5.54. The second-order valence-corrected chi connectivity index (χ2v) is 7.00. The lowest BCUT2D eigenvalue weighted by atomic mass is 9.71. The fourth-order valence-corrected chi connectivity index (χ4v) is 3.33. The van der Waals surface area contributed by atoms with Crippen molar-refractivity contribution in [2.45, 2.75) is 71.4 Å². The Morgan fingerprint density at radius 1 is 0.941 bits per heavy atom. The van der Waals surface area contributed by atoms with Crippen LogP contribution in [0.25, 0.3) is 0 Å². The van der Waals surface area contributed by atoms with Crippen molar-refractivity contribution in [1.29, 1.82) is 0 Å². The predicted molar refractivity (Wildman–Crippen MR) is 72.2 cm³/mol. The standard InChI is InChI=1S/C15H29NO/c1-15(2,3)12-6-8-13(9-7-12)16-14-5-4-10-17-11-14/h12-14,16H,4-11H2,1-3H3. The Kier molecular flexibility index (Phi) is 4.48. The van der Waals surface area contributed by atoms with Crippen molar-refractivity contribution in [2.75, 3.05) is 13.2 Å². The van der Waals surface area contributed by atoms with Crippen LogP contribution in [0.3, 0.4) is 0 Å². The number of nitrogens with one attached hydrogen (secondary N) is 1. The predicted octanol–water partition coefficient (Wildman–Crippen LogP) is 3.36. The zero-order chi connectivity index (χ0) is 12.3. The lowest BCUT2D eigenvalue weighted by molar-refractivity contribution is 0.0603. The molecule has 0 radical (unpaired) electrons. The second-order valence-electron chi connectivity index (χ2n) is 7.00. The highest BCUT2D eigenvalue weighted by Crippen LogP contribution is 2.37. The van der Waals surface area contributed by atoms with Crippen LogP contribution >= 0.6 is 0 Å². The normalized spacial score (nSPS) is 35.8. The SMILES string of the molecule is CC(C)(C)C1CCC(NC2CCCOC2)CC1. The average molecular weight is 239 g/mol. The largest absolute Gasteiger partial charge is 0.380 e. The van der Waals surface area contributed by atoms with Crippen LogP contribution in [0.5, 0.6) is 0 Å². The van der Waals surface area contributed by atoms with Crippen LogP contribution < -0.4 is 5.32 Å². The van der Waals surface area contributed by atoms with E-state index in [0.717, 1.165) is 25.2 Å². The molecule has 1 N–H and O–H groups in total. The third kappa shape index (κ3) is 3.96. The van der Waals surface area contributed by atoms with Gasteiger partial charge in [0.1, 0.15) is 0 Å². The third-order valence-electron chi connectivity index (χ3n) is 4.58. The molecule has 0 aromatic carbocycles. The van der Waals surface area contributed by atoms with E-state index in [-0.39, 0.29) is 0 Å². The summed E-state index contributed by atoms with van der Waals surface area (Å²) in [6, 6.07) is 1.38. The van der Waals surface area contributed by atoms with E-state index in [4.69, 9.17) is 4.74 Å². The summed E-state index contributed by atoms with van der Waals surface area (Å²) in [5, 5.41) is 3.80. The number of ether oxygens (including phenoxy) is 1. The van der Waals surface area contributed by atoms with Gasteiger partial charge in [-0.2, -0.15) is 0 Å². The van der Waals surface area contributed by atoms with E-state index in [1.807, 2.05) is 0 Å². The Morgan fingerprint density at radius 2 is 1.65 bits per heavy atom. The summed E-state index contributed by atoms with van der Waals surface area (Å²) in [6.45, 7) is 9.06. The van der Waals surface area contributed by atoms with Gasteiger partial charge in [0.05, 0.1) is 6.61 Å². The maximum atomic E-state index is 5.54. The topological polar surface area (TPSA) is 21.3 Å². The molecule has 100 valence electrons. The van der Waals surface area contributed by atoms with Gasteiger partial charge in [-0.15, -0.1) is 0 Å². The van der Waals surface area contributed by atoms with Gasteiger partial charge in [0.25, 0.3) is 0 Å². The first kappa shape index (κ1) is 13.4. The highest BCUT2D eigenvalue weighted by atomic mass is 16.5. The van der Waals surface area contributed by atoms with Gasteiger partial charge in [0, 0.05) is 18.7 Å². The molecule has 0 amide bonds. The van der Waals surface area contributed by atoms with Crippen molar-refractivity contribution in [3.05, 3.63) is 0 Å². The van der Waals surface area contributed by atoms with Gasteiger partial charge in [-0.05, 0) is 49.9 Å². The van der Waals surface area contributed by atoms with Crippen LogP contribution in [0.1, 0.15) is 59.3 Å². The molecule has 1 aliphatic heterocycles. The molecule has 2 rings (SSSR count). The molecular formula is C15H29NO. The Hall–Kier alpha value is -0.0800. The summed E-state index contributed by atoms with van der Waals surface area (Å²) in [5.41, 5.74) is 0.499. The Balaban J connectivity index is 1.71. The molecule has 17 heavy (non-hydrogen) atoms. The molecule has 0 aromatic rings. The first-order valence-corrected chi connectivity index (χ1v) is 7.39. The van der Waals surface area contributed by atoms with Gasteiger partial charge in [-0.25, -0.2) is 0 Å². The van der Waals surface area contributed by atoms with Gasteiger partial charge in [-0.3, -0.25) is 0 Å². The summed E-state index contributed by atoms with van der Waals surface area (Å²) in [5.74, 6) is 0.920. The minimum absolute atomic E-state index is 0.499. The van der Waals surface area contributed by atoms with Gasteiger partial charge in [0.2, 0.25) is 0 Å². The molecule has 2 aliphatic rings. The van der Waals surface area contributed by atoms with Crippen molar-refractivity contribution in [1.82, 2.24) is 5.32 Å². The van der Waals surface area contributed by atoms with Gasteiger partial charge < -0.3 is 10.1 Å². The Bertz CT molecular complexity index is 220. The summed E-state index contributed by atoms with van der Waals surface area (Å²) in [6.07, 6.45) is 8.05. The van der Waals surface area contributed by atoms with Crippen LogP contribution in [0.15, 0.2) is 0 Å². The van der Waals surface area contributed by atoms with Crippen molar-refractivity contribution in [3.63, 3.8) is 0 Å². The molecule has 2 heteroatoms. The monoisotopic (exact) mass is 239 g/mol. The molecule has 1 saturated heterocycles. The van der Waals surface area contributed by atoms with Crippen molar-refractivity contribution < 1.29 is 4.74 Å². The first-order valence-electron chi connectivity index (χ1n) is 7.39. The minimum Gasteiger partial charge on any atom is -0.380 e. The Morgan fingerprint density at radius 3 is 2.18 bits per heavy atom. The highest BCUT2D eigenvalue weighted by Gasteiger charge is 2.30. The third-order valence-corrected chi connectivity index (χ3v) is 4.58. The van der Waals surface area contributed by atoms with Crippen molar-refractivity contribution >= 4 is 0 Å². The molecule has 1 heterocycles. The van der Waals surface area contributed by atoms with Crippen LogP contribution in [-0.4, -0.2) is 25.3 Å². The van der Waals surface area contributed by atoms with Crippen LogP contribution in [-0.2, 0) is 4.74 Å². The van der Waals surface area contributed by atoms with E-state index in [9.17, 15) is 0 Å². The summed E-state index contributed by atoms with van der Waals surface area (Å²) in [4.78, 5) is 0. The average Bonchev–Trinajstić information content (AvgIpc) is 2.30. The van der Waals surface area contributed by atoms with Gasteiger partial charge in [0.15, 0.2) is 0 Å². The molecule has 1 saturated carbocycles. The number of hydrogen-bond donors (Lipinski definition) is 1. The molecule has 1 aliphatic carbocycles. The van der Waals surface area contributed by atoms with Gasteiger partial charge in [-0.1, -0.05) is 20.8 Å². The molecule has 1 unspecified atom stereocenters. The fraction of sp³-hybridized carbons (Fsp3) is 1.00. The maximum Gasteiger partial charge on any atom is 0.0619 e. The molecule has 1 atom stereocenters. The van der Waals surface area contributed by atoms with E-state index >= 15 is 0 Å². The first-order chi connectivity index (χ1) is 8.05. The van der Waals surface area contributed by atoms with Crippen LogP contribution in [0.2, 0.25) is 0 Å². The van der Waals surface area contributed by atoms with Crippen molar-refractivity contribution in [2.24, 2.45) is 11.3 Å². The number of hydrogen-bond acceptors (Lipinski definition) is 2. The molecule has 0 aromatic heterocycles. The van der Waals surface area contributed by atoms with Crippen LogP contribution in [0, 0.1) is 11.3 Å². The zero-order valence-corrected chi connectivity index (χ0v) is 11.8. The molecular weight excluding hydrogens is 210 g/mol. The molecule has 2 fully saturated rings. The summed E-state index contributed by atoms with van der Waals surface area (Å²) >= 11 is 0. The van der Waals surface area contributed by atoms with Crippen molar-refractivity contribution in [3.8, 4) is 0 Å². The van der Waals surface area contributed by atoms with E-state index in [2.05, 4.69) is 26.1 Å². The van der Waals surface area contributed by atoms with E-state index in [1.165, 1.54) is 38.5 Å². The lowest BCUT2D eigenvalue weighted by Crippen LogP contribution is -2.45. The highest BCUT2D eigenvalue weighted by molar-refractivity contribution is 4.85.